The number of imide groups is 1. The van der Waals surface area contributed by atoms with Crippen LogP contribution < -0.4 is 14.2 Å². The molecule has 0 spiro atoms. The number of cyclic esters (lactones) is 1. The van der Waals surface area contributed by atoms with E-state index in [0.29, 0.717) is 29.2 Å². The van der Waals surface area contributed by atoms with E-state index in [4.69, 9.17) is 18.9 Å². The second-order valence-corrected chi connectivity index (χ2v) is 6.81. The Morgan fingerprint density at radius 1 is 1.13 bits per heavy atom. The van der Waals surface area contributed by atoms with Crippen molar-refractivity contribution in [1.29, 1.82) is 0 Å². The van der Waals surface area contributed by atoms with E-state index in [1.54, 1.807) is 12.1 Å². The van der Waals surface area contributed by atoms with E-state index >= 15 is 0 Å². The van der Waals surface area contributed by atoms with Crippen molar-refractivity contribution in [1.82, 2.24) is 4.90 Å². The first-order valence-electron chi connectivity index (χ1n) is 9.48. The van der Waals surface area contributed by atoms with Gasteiger partial charge in [0.15, 0.2) is 0 Å². The zero-order valence-corrected chi connectivity index (χ0v) is 17.2. The maximum atomic E-state index is 13.4. The number of hydrogen-bond donors (Lipinski definition) is 1. The molecule has 2 aromatic rings. The highest BCUT2D eigenvalue weighted by atomic mass is 16.6. The molecule has 1 heterocycles. The minimum Gasteiger partial charge on any atom is -0.496 e. The second-order valence-electron chi connectivity index (χ2n) is 6.81. The van der Waals surface area contributed by atoms with Crippen LogP contribution in [-0.2, 0) is 16.0 Å². The first kappa shape index (κ1) is 21.4. The lowest BCUT2D eigenvalue weighted by Gasteiger charge is -2.26. The van der Waals surface area contributed by atoms with Crippen molar-refractivity contribution in [2.75, 3.05) is 34.5 Å². The van der Waals surface area contributed by atoms with Crippen LogP contribution in [0.25, 0.3) is 0 Å². The maximum Gasteiger partial charge on any atom is 0.417 e. The molecule has 160 valence electrons. The van der Waals surface area contributed by atoms with Gasteiger partial charge in [0.25, 0.3) is 0 Å². The highest BCUT2D eigenvalue weighted by Crippen LogP contribution is 2.40. The van der Waals surface area contributed by atoms with Crippen molar-refractivity contribution in [2.45, 2.75) is 18.4 Å². The molecule has 1 aliphatic heterocycles. The predicted molar refractivity (Wildman–Crippen MR) is 108 cm³/mol. The minimum atomic E-state index is -1.08. The summed E-state index contributed by atoms with van der Waals surface area (Å²) in [5.74, 6) is -0.567. The minimum absolute atomic E-state index is 0.0918. The number of rotatable bonds is 8. The molecule has 0 aliphatic carbocycles. The lowest BCUT2D eigenvalue weighted by molar-refractivity contribution is -0.131. The number of hydrogen-bond acceptors (Lipinski definition) is 7. The molecule has 1 saturated heterocycles. The average molecular weight is 415 g/mol. The highest BCUT2D eigenvalue weighted by molar-refractivity contribution is 5.98. The summed E-state index contributed by atoms with van der Waals surface area (Å²) < 4.78 is 21.2. The molecule has 0 saturated carbocycles. The standard InChI is InChI=1S/C22H25NO7/c1-27-16-10-18(28-2)20(19(11-16)29-3)17(12-24)21(25)23-15(13-30-22(23)26)9-14-7-5-4-6-8-14/h4-8,10-11,15,17,24H,9,12-13H2,1-3H3/t15-,17-/m1/s1. The van der Waals surface area contributed by atoms with Gasteiger partial charge in [-0.15, -0.1) is 0 Å². The van der Waals surface area contributed by atoms with Crippen LogP contribution in [0.4, 0.5) is 4.79 Å². The van der Waals surface area contributed by atoms with Crippen LogP contribution in [0.5, 0.6) is 17.2 Å². The van der Waals surface area contributed by atoms with Gasteiger partial charge in [0.2, 0.25) is 5.91 Å². The Balaban J connectivity index is 1.96. The summed E-state index contributed by atoms with van der Waals surface area (Å²) in [5.41, 5.74) is 1.31. The van der Waals surface area contributed by atoms with Crippen molar-refractivity contribution in [2.24, 2.45) is 0 Å². The molecular formula is C22H25NO7. The fraction of sp³-hybridized carbons (Fsp3) is 0.364. The molecule has 2 aromatic carbocycles. The number of methoxy groups -OCH3 is 3. The van der Waals surface area contributed by atoms with Gasteiger partial charge in [-0.05, 0) is 12.0 Å². The van der Waals surface area contributed by atoms with Crippen LogP contribution in [0.3, 0.4) is 0 Å². The van der Waals surface area contributed by atoms with Crippen LogP contribution in [0.1, 0.15) is 17.0 Å². The van der Waals surface area contributed by atoms with E-state index in [-0.39, 0.29) is 6.61 Å². The monoisotopic (exact) mass is 415 g/mol. The molecule has 30 heavy (non-hydrogen) atoms. The average Bonchev–Trinajstić information content (AvgIpc) is 3.14. The quantitative estimate of drug-likeness (QED) is 0.707. The molecule has 1 fully saturated rings. The van der Waals surface area contributed by atoms with Crippen LogP contribution >= 0.6 is 0 Å². The number of nitrogens with zero attached hydrogens (tertiary/aromatic N) is 1. The summed E-state index contributed by atoms with van der Waals surface area (Å²) in [5, 5.41) is 10.1. The van der Waals surface area contributed by atoms with E-state index < -0.39 is 30.6 Å². The molecule has 3 rings (SSSR count). The van der Waals surface area contributed by atoms with Crippen LogP contribution in [0, 0.1) is 0 Å². The van der Waals surface area contributed by atoms with Crippen LogP contribution in [-0.4, -0.2) is 62.6 Å². The Morgan fingerprint density at radius 2 is 1.77 bits per heavy atom. The van der Waals surface area contributed by atoms with Gasteiger partial charge in [0, 0.05) is 12.1 Å². The highest BCUT2D eigenvalue weighted by Gasteiger charge is 2.42. The van der Waals surface area contributed by atoms with Gasteiger partial charge in [-0.25, -0.2) is 9.69 Å². The summed E-state index contributed by atoms with van der Waals surface area (Å²) in [6, 6.07) is 12.2. The molecule has 0 unspecified atom stereocenters. The Kier molecular flexibility index (Phi) is 6.79. The van der Waals surface area contributed by atoms with Gasteiger partial charge < -0.3 is 24.1 Å². The molecule has 8 heteroatoms. The summed E-state index contributed by atoms with van der Waals surface area (Å²) >= 11 is 0. The number of benzene rings is 2. The third-order valence-corrected chi connectivity index (χ3v) is 5.09. The van der Waals surface area contributed by atoms with Crippen molar-refractivity contribution >= 4 is 12.0 Å². The number of aliphatic hydroxyl groups excluding tert-OH is 1. The normalized spacial score (nSPS) is 16.7. The maximum absolute atomic E-state index is 13.4. The van der Waals surface area contributed by atoms with Gasteiger partial charge in [-0.2, -0.15) is 0 Å². The fourth-order valence-electron chi connectivity index (χ4n) is 3.60. The number of aliphatic hydroxyl groups is 1. The summed E-state index contributed by atoms with van der Waals surface area (Å²) in [6.45, 7) is -0.450. The summed E-state index contributed by atoms with van der Waals surface area (Å²) in [6.07, 6.45) is -0.279. The molecule has 1 N–H and O–H groups in total. The fourth-order valence-corrected chi connectivity index (χ4v) is 3.60. The van der Waals surface area contributed by atoms with Crippen molar-refractivity contribution < 1.29 is 33.6 Å². The molecule has 1 aliphatic rings. The lowest BCUT2D eigenvalue weighted by atomic mass is 9.94. The Bertz CT molecular complexity index is 875. The summed E-state index contributed by atoms with van der Waals surface area (Å²) in [7, 11) is 4.38. The molecular weight excluding hydrogens is 390 g/mol. The first-order valence-corrected chi connectivity index (χ1v) is 9.48. The Hall–Kier alpha value is -3.26. The number of carbonyl (C=O) groups excluding carboxylic acids is 2. The third kappa shape index (κ3) is 4.18. The molecule has 0 aromatic heterocycles. The van der Waals surface area contributed by atoms with E-state index in [9.17, 15) is 14.7 Å². The molecule has 0 bridgehead atoms. The van der Waals surface area contributed by atoms with Gasteiger partial charge in [-0.1, -0.05) is 30.3 Å². The Morgan fingerprint density at radius 3 is 2.30 bits per heavy atom. The topological polar surface area (TPSA) is 94.5 Å². The second kappa shape index (κ2) is 9.49. The van der Waals surface area contributed by atoms with E-state index in [1.165, 1.54) is 21.3 Å². The van der Waals surface area contributed by atoms with E-state index in [2.05, 4.69) is 0 Å². The molecule has 2 atom stereocenters. The van der Waals surface area contributed by atoms with E-state index in [1.807, 2.05) is 30.3 Å². The smallest absolute Gasteiger partial charge is 0.417 e. The zero-order chi connectivity index (χ0) is 21.7. The Labute approximate surface area is 174 Å². The predicted octanol–water partition coefficient (Wildman–Crippen LogP) is 2.38. The number of carbonyl (C=O) groups is 2. The summed E-state index contributed by atoms with van der Waals surface area (Å²) in [4.78, 5) is 26.9. The van der Waals surface area contributed by atoms with Gasteiger partial charge in [-0.3, -0.25) is 4.79 Å². The van der Waals surface area contributed by atoms with Crippen LogP contribution in [0.15, 0.2) is 42.5 Å². The van der Waals surface area contributed by atoms with Crippen molar-refractivity contribution in [3.8, 4) is 17.2 Å². The van der Waals surface area contributed by atoms with Gasteiger partial charge in [0.05, 0.1) is 45.5 Å². The first-order chi connectivity index (χ1) is 14.5. The molecule has 8 nitrogen and oxygen atoms in total. The van der Waals surface area contributed by atoms with E-state index in [0.717, 1.165) is 10.5 Å². The molecule has 0 radical (unpaired) electrons. The lowest BCUT2D eigenvalue weighted by Crippen LogP contribution is -2.43. The van der Waals surface area contributed by atoms with Crippen molar-refractivity contribution in [3.63, 3.8) is 0 Å². The largest absolute Gasteiger partial charge is 0.496 e. The zero-order valence-electron chi connectivity index (χ0n) is 17.2. The SMILES string of the molecule is COc1cc(OC)c([C@@H](CO)C(=O)N2C(=O)OC[C@H]2Cc2ccccc2)c(OC)c1. The van der Waals surface area contributed by atoms with Gasteiger partial charge >= 0.3 is 6.09 Å². The molecule has 2 amide bonds. The van der Waals surface area contributed by atoms with Crippen molar-refractivity contribution in [3.05, 3.63) is 53.6 Å². The number of amides is 2. The number of ether oxygens (including phenoxy) is 4. The van der Waals surface area contributed by atoms with Crippen LogP contribution in [0.2, 0.25) is 0 Å². The third-order valence-electron chi connectivity index (χ3n) is 5.09. The van der Waals surface area contributed by atoms with Gasteiger partial charge in [0.1, 0.15) is 23.9 Å².